The van der Waals surface area contributed by atoms with E-state index in [2.05, 4.69) is 10.1 Å². The average molecular weight is 225 g/mol. The minimum Gasteiger partial charge on any atom is -0.465 e. The maximum atomic E-state index is 11.1. The van der Waals surface area contributed by atoms with Crippen LogP contribution in [0.25, 0.3) is 0 Å². The number of hydrogen-bond acceptors (Lipinski definition) is 6. The van der Waals surface area contributed by atoms with E-state index in [9.17, 15) is 4.79 Å². The monoisotopic (exact) mass is 225 g/mol. The number of nitrogens with one attached hydrogen (secondary N) is 2. The molecule has 80 valence electrons. The van der Waals surface area contributed by atoms with Gasteiger partial charge in [-0.3, -0.25) is 0 Å². The second-order valence-electron chi connectivity index (χ2n) is 2.62. The first-order chi connectivity index (χ1) is 7.17. The number of methoxy groups -OCH3 is 1. The molecule has 1 rings (SSSR count). The zero-order chi connectivity index (χ0) is 11.3. The Balaban J connectivity index is 2.69. The summed E-state index contributed by atoms with van der Waals surface area (Å²) in [5.41, 5.74) is 6.43. The highest BCUT2D eigenvalue weighted by molar-refractivity contribution is 7.12. The van der Waals surface area contributed by atoms with E-state index in [-0.39, 0.29) is 5.97 Å². The lowest BCUT2D eigenvalue weighted by molar-refractivity contribution is 0.0606. The molecule has 0 radical (unpaired) electrons. The first-order valence-corrected chi connectivity index (χ1v) is 4.95. The van der Waals surface area contributed by atoms with Crippen molar-refractivity contribution in [3.05, 3.63) is 28.2 Å². The molecule has 1 aromatic heterocycles. The van der Waals surface area contributed by atoms with Crippen molar-refractivity contribution in [3.8, 4) is 0 Å². The molecule has 0 unspecified atom stereocenters. The molecule has 6 heteroatoms. The standard InChI is InChI=1S/C9H11N3O2S/c1-14-9(13)8-2-7(5-15-8)12-4-6(11)3-10/h2-5,10,12H,11H2,1H3/b6-4+,10-3?. The number of esters is 1. The van der Waals surface area contributed by atoms with Crippen molar-refractivity contribution in [3.63, 3.8) is 0 Å². The van der Waals surface area contributed by atoms with Crippen LogP contribution in [0.2, 0.25) is 0 Å². The van der Waals surface area contributed by atoms with Gasteiger partial charge in [-0.25, -0.2) is 4.79 Å². The molecule has 0 aromatic carbocycles. The van der Waals surface area contributed by atoms with Gasteiger partial charge in [-0.2, -0.15) is 0 Å². The van der Waals surface area contributed by atoms with Crippen LogP contribution in [0.3, 0.4) is 0 Å². The molecule has 0 bridgehead atoms. The van der Waals surface area contributed by atoms with Gasteiger partial charge in [-0.15, -0.1) is 11.3 Å². The number of rotatable bonds is 4. The molecule has 1 aromatic rings. The van der Waals surface area contributed by atoms with Crippen LogP contribution in [-0.2, 0) is 4.74 Å². The molecule has 15 heavy (non-hydrogen) atoms. The summed E-state index contributed by atoms with van der Waals surface area (Å²) in [6.45, 7) is 0. The zero-order valence-electron chi connectivity index (χ0n) is 8.11. The van der Waals surface area contributed by atoms with Crippen LogP contribution in [0.1, 0.15) is 9.67 Å². The lowest BCUT2D eigenvalue weighted by Crippen LogP contribution is -2.01. The molecule has 0 amide bonds. The fourth-order valence-electron chi connectivity index (χ4n) is 0.828. The van der Waals surface area contributed by atoms with Gasteiger partial charge >= 0.3 is 5.97 Å². The largest absolute Gasteiger partial charge is 0.465 e. The third-order valence-electron chi connectivity index (χ3n) is 1.56. The highest BCUT2D eigenvalue weighted by atomic mass is 32.1. The van der Waals surface area contributed by atoms with E-state index in [1.165, 1.54) is 24.6 Å². The van der Waals surface area contributed by atoms with Crippen LogP contribution in [0.15, 0.2) is 23.3 Å². The van der Waals surface area contributed by atoms with Crippen molar-refractivity contribution in [1.82, 2.24) is 0 Å². The number of allylic oxidation sites excluding steroid dienone is 1. The molecule has 0 aliphatic heterocycles. The van der Waals surface area contributed by atoms with Gasteiger partial charge in [-0.1, -0.05) is 0 Å². The van der Waals surface area contributed by atoms with Crippen molar-refractivity contribution in [2.24, 2.45) is 5.73 Å². The molecule has 0 atom stereocenters. The summed E-state index contributed by atoms with van der Waals surface area (Å²) in [7, 11) is 1.34. The predicted molar refractivity (Wildman–Crippen MR) is 60.3 cm³/mol. The molecule has 1 heterocycles. The van der Waals surface area contributed by atoms with Crippen LogP contribution in [0.4, 0.5) is 5.69 Å². The summed E-state index contributed by atoms with van der Waals surface area (Å²) in [6, 6.07) is 1.66. The van der Waals surface area contributed by atoms with Gasteiger partial charge in [-0.05, 0) is 6.07 Å². The first-order valence-electron chi connectivity index (χ1n) is 4.07. The molecule has 0 saturated carbocycles. The number of carbonyl (C=O) groups excluding carboxylic acids is 1. The second-order valence-corrected chi connectivity index (χ2v) is 3.54. The number of ether oxygens (including phenoxy) is 1. The van der Waals surface area contributed by atoms with Gasteiger partial charge in [0.2, 0.25) is 0 Å². The quantitative estimate of drug-likeness (QED) is 0.533. The first kappa shape index (κ1) is 11.3. The van der Waals surface area contributed by atoms with Crippen molar-refractivity contribution in [2.75, 3.05) is 12.4 Å². The van der Waals surface area contributed by atoms with Crippen LogP contribution in [0, 0.1) is 5.41 Å². The van der Waals surface area contributed by atoms with Crippen molar-refractivity contribution >= 4 is 29.2 Å². The lowest BCUT2D eigenvalue weighted by atomic mass is 10.4. The smallest absolute Gasteiger partial charge is 0.348 e. The minimum absolute atomic E-state index is 0.306. The minimum atomic E-state index is -0.364. The van der Waals surface area contributed by atoms with Gasteiger partial charge in [0.15, 0.2) is 0 Å². The Morgan fingerprint density at radius 1 is 1.73 bits per heavy atom. The van der Waals surface area contributed by atoms with Crippen LogP contribution < -0.4 is 11.1 Å². The average Bonchev–Trinajstić information content (AvgIpc) is 2.73. The Morgan fingerprint density at radius 3 is 3.07 bits per heavy atom. The number of anilines is 1. The molecule has 0 saturated heterocycles. The van der Waals surface area contributed by atoms with E-state index in [1.54, 1.807) is 11.4 Å². The van der Waals surface area contributed by atoms with Crippen LogP contribution in [-0.4, -0.2) is 19.3 Å². The summed E-state index contributed by atoms with van der Waals surface area (Å²) in [5.74, 6) is -0.364. The van der Waals surface area contributed by atoms with E-state index in [0.29, 0.717) is 10.6 Å². The third-order valence-corrected chi connectivity index (χ3v) is 2.47. The van der Waals surface area contributed by atoms with E-state index >= 15 is 0 Å². The molecule has 5 nitrogen and oxygen atoms in total. The Bertz CT molecular complexity index is 398. The summed E-state index contributed by atoms with van der Waals surface area (Å²) < 4.78 is 4.56. The van der Waals surface area contributed by atoms with E-state index in [4.69, 9.17) is 11.1 Å². The second kappa shape index (κ2) is 5.16. The van der Waals surface area contributed by atoms with Crippen LogP contribution >= 0.6 is 11.3 Å². The normalized spacial score (nSPS) is 10.9. The molecular formula is C9H11N3O2S. The fraction of sp³-hybridized carbons (Fsp3) is 0.111. The molecule has 4 N–H and O–H groups in total. The maximum Gasteiger partial charge on any atom is 0.348 e. The zero-order valence-corrected chi connectivity index (χ0v) is 8.93. The number of hydrogen-bond donors (Lipinski definition) is 3. The Kier molecular flexibility index (Phi) is 3.87. The Morgan fingerprint density at radius 2 is 2.47 bits per heavy atom. The SMILES string of the molecule is COC(=O)c1cc(N/C=C(/N)C=N)cs1. The van der Waals surface area contributed by atoms with Gasteiger partial charge in [0.1, 0.15) is 4.88 Å². The van der Waals surface area contributed by atoms with Crippen molar-refractivity contribution < 1.29 is 9.53 Å². The summed E-state index contributed by atoms with van der Waals surface area (Å²) in [6.07, 6.45) is 2.51. The van der Waals surface area contributed by atoms with E-state index < -0.39 is 0 Å². The highest BCUT2D eigenvalue weighted by Crippen LogP contribution is 2.19. The lowest BCUT2D eigenvalue weighted by Gasteiger charge is -1.96. The Hall–Kier alpha value is -1.82. The van der Waals surface area contributed by atoms with E-state index in [1.807, 2.05) is 0 Å². The van der Waals surface area contributed by atoms with Gasteiger partial charge in [0.05, 0.1) is 12.8 Å². The van der Waals surface area contributed by atoms with Crippen molar-refractivity contribution in [1.29, 1.82) is 5.41 Å². The van der Waals surface area contributed by atoms with Gasteiger partial charge in [0, 0.05) is 23.5 Å². The topological polar surface area (TPSA) is 88.2 Å². The third kappa shape index (κ3) is 3.10. The number of carbonyl (C=O) groups is 1. The number of nitrogens with two attached hydrogens (primary N) is 1. The molecule has 0 fully saturated rings. The molecule has 0 aliphatic carbocycles. The summed E-state index contributed by atoms with van der Waals surface area (Å²) in [5, 5.41) is 11.5. The number of thiophene rings is 1. The van der Waals surface area contributed by atoms with Crippen LogP contribution in [0.5, 0.6) is 0 Å². The van der Waals surface area contributed by atoms with E-state index in [0.717, 1.165) is 11.9 Å². The Labute approximate surface area is 91.1 Å². The maximum absolute atomic E-state index is 11.1. The molecule has 0 spiro atoms. The van der Waals surface area contributed by atoms with Crippen molar-refractivity contribution in [2.45, 2.75) is 0 Å². The van der Waals surface area contributed by atoms with Gasteiger partial charge < -0.3 is 21.2 Å². The summed E-state index contributed by atoms with van der Waals surface area (Å²) in [4.78, 5) is 11.6. The van der Waals surface area contributed by atoms with Gasteiger partial charge in [0.25, 0.3) is 0 Å². The fourth-order valence-corrected chi connectivity index (χ4v) is 1.59. The molecular weight excluding hydrogens is 214 g/mol. The molecule has 0 aliphatic rings. The predicted octanol–water partition coefficient (Wildman–Crippen LogP) is 1.40. The highest BCUT2D eigenvalue weighted by Gasteiger charge is 2.07. The summed E-state index contributed by atoms with van der Waals surface area (Å²) >= 11 is 1.28.